The average molecular weight is 584 g/mol. The lowest BCUT2D eigenvalue weighted by Gasteiger charge is -2.18. The van der Waals surface area contributed by atoms with Crippen LogP contribution in [-0.2, 0) is 9.53 Å². The van der Waals surface area contributed by atoms with Gasteiger partial charge in [0, 0.05) is 20.7 Å². The Morgan fingerprint density at radius 1 is 0.971 bits per heavy atom. The monoisotopic (exact) mass is 584 g/mol. The molecule has 0 saturated carbocycles. The molecule has 3 N–H and O–H groups in total. The average Bonchev–Trinajstić information content (AvgIpc) is 3.14. The Labute approximate surface area is 217 Å². The minimum Gasteiger partial charge on any atom is -0.480 e. The van der Waals surface area contributed by atoms with E-state index >= 15 is 0 Å². The SMILES string of the molecule is CC(C)[C@H](NC(=O)c1cc(I)cc(NC(=O)OCC2c3ccccc3-c3ccccc32)c1)C(=O)O. The van der Waals surface area contributed by atoms with E-state index in [1.54, 1.807) is 26.0 Å². The molecule has 0 fully saturated rings. The van der Waals surface area contributed by atoms with E-state index in [9.17, 15) is 19.5 Å². The number of fused-ring (bicyclic) bond motifs is 3. The molecule has 0 heterocycles. The van der Waals surface area contributed by atoms with Gasteiger partial charge in [0.15, 0.2) is 0 Å². The number of nitrogens with one attached hydrogen (secondary N) is 2. The number of anilines is 1. The van der Waals surface area contributed by atoms with Crippen molar-refractivity contribution in [3.05, 3.63) is 87.0 Å². The van der Waals surface area contributed by atoms with Crippen LogP contribution in [0.2, 0.25) is 0 Å². The Morgan fingerprint density at radius 2 is 1.57 bits per heavy atom. The van der Waals surface area contributed by atoms with Gasteiger partial charge < -0.3 is 15.2 Å². The van der Waals surface area contributed by atoms with Crippen molar-refractivity contribution in [2.75, 3.05) is 11.9 Å². The van der Waals surface area contributed by atoms with Gasteiger partial charge >= 0.3 is 12.1 Å². The molecule has 0 unspecified atom stereocenters. The molecule has 0 radical (unpaired) electrons. The van der Waals surface area contributed by atoms with E-state index in [1.807, 2.05) is 59.0 Å². The summed E-state index contributed by atoms with van der Waals surface area (Å²) in [5, 5.41) is 14.6. The number of hydrogen-bond acceptors (Lipinski definition) is 4. The fourth-order valence-electron chi connectivity index (χ4n) is 4.28. The van der Waals surface area contributed by atoms with Gasteiger partial charge in [-0.25, -0.2) is 9.59 Å². The van der Waals surface area contributed by atoms with Crippen molar-refractivity contribution >= 4 is 46.2 Å². The number of halogens is 1. The summed E-state index contributed by atoms with van der Waals surface area (Å²) >= 11 is 2.04. The van der Waals surface area contributed by atoms with Gasteiger partial charge in [0.1, 0.15) is 12.6 Å². The number of ether oxygens (including phenoxy) is 1. The van der Waals surface area contributed by atoms with Gasteiger partial charge in [0.05, 0.1) is 0 Å². The highest BCUT2D eigenvalue weighted by atomic mass is 127. The van der Waals surface area contributed by atoms with Crippen molar-refractivity contribution < 1.29 is 24.2 Å². The molecule has 8 heteroatoms. The van der Waals surface area contributed by atoms with Crippen molar-refractivity contribution in [3.8, 4) is 11.1 Å². The maximum Gasteiger partial charge on any atom is 0.411 e. The Balaban J connectivity index is 1.44. The Morgan fingerprint density at radius 3 is 2.14 bits per heavy atom. The molecule has 1 aliphatic carbocycles. The van der Waals surface area contributed by atoms with Crippen molar-refractivity contribution in [1.29, 1.82) is 0 Å². The highest BCUT2D eigenvalue weighted by Crippen LogP contribution is 2.44. The molecule has 0 aromatic heterocycles. The first-order valence-corrected chi connectivity index (χ1v) is 12.3. The first-order chi connectivity index (χ1) is 16.7. The van der Waals surface area contributed by atoms with Crippen molar-refractivity contribution in [1.82, 2.24) is 5.32 Å². The highest BCUT2D eigenvalue weighted by molar-refractivity contribution is 14.1. The summed E-state index contributed by atoms with van der Waals surface area (Å²) in [6, 6.07) is 20.0. The van der Waals surface area contributed by atoms with Gasteiger partial charge in [0.2, 0.25) is 0 Å². The minimum absolute atomic E-state index is 0.0608. The predicted octanol–water partition coefficient (Wildman–Crippen LogP) is 5.49. The molecule has 3 aromatic rings. The molecule has 0 spiro atoms. The first-order valence-electron chi connectivity index (χ1n) is 11.2. The molecule has 35 heavy (non-hydrogen) atoms. The quantitative estimate of drug-likeness (QED) is 0.319. The van der Waals surface area contributed by atoms with E-state index in [0.717, 1.165) is 22.3 Å². The van der Waals surface area contributed by atoms with E-state index in [0.29, 0.717) is 9.26 Å². The Hall–Kier alpha value is -3.40. The summed E-state index contributed by atoms with van der Waals surface area (Å²) in [5.41, 5.74) is 5.16. The molecule has 0 saturated heterocycles. The number of rotatable bonds is 7. The second-order valence-electron chi connectivity index (χ2n) is 8.71. The molecule has 2 amide bonds. The van der Waals surface area contributed by atoms with Gasteiger partial charge in [0.25, 0.3) is 5.91 Å². The molecule has 0 aliphatic heterocycles. The number of amides is 2. The number of hydrogen-bond donors (Lipinski definition) is 3. The van der Waals surface area contributed by atoms with E-state index in [2.05, 4.69) is 22.8 Å². The lowest BCUT2D eigenvalue weighted by Crippen LogP contribution is -2.44. The van der Waals surface area contributed by atoms with Crippen LogP contribution < -0.4 is 10.6 Å². The van der Waals surface area contributed by atoms with Crippen molar-refractivity contribution in [2.24, 2.45) is 5.92 Å². The third kappa shape index (κ3) is 5.48. The Bertz CT molecular complexity index is 1240. The molecular formula is C27H25IN2O5. The summed E-state index contributed by atoms with van der Waals surface area (Å²) in [4.78, 5) is 36.7. The summed E-state index contributed by atoms with van der Waals surface area (Å²) in [6.07, 6.45) is -0.634. The van der Waals surface area contributed by atoms with E-state index in [4.69, 9.17) is 4.74 Å². The van der Waals surface area contributed by atoms with E-state index in [-0.39, 0.29) is 24.0 Å². The van der Waals surface area contributed by atoms with Crippen LogP contribution in [0.3, 0.4) is 0 Å². The summed E-state index contributed by atoms with van der Waals surface area (Å²) in [5.74, 6) is -1.97. The van der Waals surface area contributed by atoms with Crippen LogP contribution in [0.25, 0.3) is 11.1 Å². The van der Waals surface area contributed by atoms with Gasteiger partial charge in [-0.15, -0.1) is 0 Å². The zero-order valence-electron chi connectivity index (χ0n) is 19.2. The summed E-state index contributed by atoms with van der Waals surface area (Å²) < 4.78 is 6.29. The van der Waals surface area contributed by atoms with E-state index < -0.39 is 24.0 Å². The zero-order chi connectivity index (χ0) is 25.1. The van der Waals surface area contributed by atoms with Crippen LogP contribution in [0.1, 0.15) is 41.3 Å². The van der Waals surface area contributed by atoms with Crippen LogP contribution in [0.15, 0.2) is 66.7 Å². The number of carbonyl (C=O) groups excluding carboxylic acids is 2. The predicted molar refractivity (Wildman–Crippen MR) is 142 cm³/mol. The van der Waals surface area contributed by atoms with Crippen LogP contribution >= 0.6 is 22.6 Å². The van der Waals surface area contributed by atoms with Gasteiger partial charge in [-0.3, -0.25) is 10.1 Å². The minimum atomic E-state index is -1.10. The van der Waals surface area contributed by atoms with E-state index in [1.165, 1.54) is 6.07 Å². The second kappa shape index (κ2) is 10.5. The van der Waals surface area contributed by atoms with Gasteiger partial charge in [-0.05, 0) is 69.0 Å². The molecule has 4 rings (SSSR count). The molecule has 0 bridgehead atoms. The van der Waals surface area contributed by atoms with Crippen LogP contribution in [0.4, 0.5) is 10.5 Å². The van der Waals surface area contributed by atoms with Crippen molar-refractivity contribution in [3.63, 3.8) is 0 Å². The van der Waals surface area contributed by atoms with Crippen LogP contribution in [0.5, 0.6) is 0 Å². The molecule has 7 nitrogen and oxygen atoms in total. The lowest BCUT2D eigenvalue weighted by atomic mass is 9.98. The standard InChI is InChI=1S/C27H25IN2O5/c1-15(2)24(26(32)33)30-25(31)16-11-17(28)13-18(12-16)29-27(34)35-14-23-21-9-5-3-7-19(21)20-8-4-6-10-22(20)23/h3-13,15,23-24H,14H2,1-2H3,(H,29,34)(H,30,31)(H,32,33)/t24-/m0/s1. The molecule has 1 aliphatic rings. The summed E-state index contributed by atoms with van der Waals surface area (Å²) in [7, 11) is 0. The fraction of sp³-hybridized carbons (Fsp3) is 0.222. The Kier molecular flexibility index (Phi) is 7.39. The maximum atomic E-state index is 12.7. The zero-order valence-corrected chi connectivity index (χ0v) is 21.4. The van der Waals surface area contributed by atoms with Gasteiger partial charge in [-0.2, -0.15) is 0 Å². The number of carbonyl (C=O) groups is 3. The molecule has 180 valence electrons. The number of carboxylic acids is 1. The fourth-order valence-corrected chi connectivity index (χ4v) is 4.95. The molecule has 1 atom stereocenters. The third-order valence-corrected chi connectivity index (χ3v) is 6.59. The highest BCUT2D eigenvalue weighted by Gasteiger charge is 2.29. The number of benzene rings is 3. The largest absolute Gasteiger partial charge is 0.480 e. The first kappa shape index (κ1) is 24.7. The molecule has 3 aromatic carbocycles. The topological polar surface area (TPSA) is 105 Å². The number of carboxylic acid groups (broad SMARTS) is 1. The number of aliphatic carboxylic acids is 1. The van der Waals surface area contributed by atoms with Crippen LogP contribution in [0, 0.1) is 9.49 Å². The van der Waals surface area contributed by atoms with Crippen LogP contribution in [-0.4, -0.2) is 35.7 Å². The molecular weight excluding hydrogens is 559 g/mol. The third-order valence-electron chi connectivity index (χ3n) is 5.97. The normalized spacial score (nSPS) is 13.0. The lowest BCUT2D eigenvalue weighted by molar-refractivity contribution is -0.140. The second-order valence-corrected chi connectivity index (χ2v) is 9.96. The van der Waals surface area contributed by atoms with Gasteiger partial charge in [-0.1, -0.05) is 62.4 Å². The maximum absolute atomic E-state index is 12.7. The van der Waals surface area contributed by atoms with Crippen molar-refractivity contribution in [2.45, 2.75) is 25.8 Å². The smallest absolute Gasteiger partial charge is 0.411 e. The summed E-state index contributed by atoms with van der Waals surface area (Å²) in [6.45, 7) is 3.61.